The van der Waals surface area contributed by atoms with Crippen molar-refractivity contribution in [2.45, 2.75) is 83.6 Å². The van der Waals surface area contributed by atoms with Crippen LogP contribution in [0.1, 0.15) is 54.0 Å². The molecule has 2 amide bonds. The molecular formula is C26H41N3O8S. The maximum absolute atomic E-state index is 13.1. The Morgan fingerprint density at radius 1 is 1.11 bits per heavy atom. The zero-order chi connectivity index (χ0) is 28.5. The highest BCUT2D eigenvalue weighted by molar-refractivity contribution is 7.84. The van der Waals surface area contributed by atoms with Crippen LogP contribution in [0.15, 0.2) is 30.3 Å². The van der Waals surface area contributed by atoms with Crippen LogP contribution in [-0.2, 0) is 41.3 Å². The Morgan fingerprint density at radius 2 is 1.76 bits per heavy atom. The summed E-state index contributed by atoms with van der Waals surface area (Å²) in [6.07, 6.45) is -2.23. The van der Waals surface area contributed by atoms with Crippen molar-refractivity contribution in [3.63, 3.8) is 0 Å². The Bertz CT molecular complexity index is 961. The first-order valence-electron chi connectivity index (χ1n) is 12.6. The van der Waals surface area contributed by atoms with Crippen molar-refractivity contribution in [1.82, 2.24) is 14.9 Å². The minimum atomic E-state index is -1.66. The standard InChI is InChI=1S/C26H41N3O8S/c1-8-34-22(30)21(27-23(31)37-25(2,3)4)20(28-38(33)26(5,6)7)19-16-29(14-15-35-19)24(32)36-17-18-12-10-9-11-13-18/h9-13,19-21,28H,8,14-17H2,1-7H3,(H,27,31)/t19-,20-,21+,38+/m1/s1. The van der Waals surface area contributed by atoms with E-state index in [-0.39, 0.29) is 32.9 Å². The maximum atomic E-state index is 13.1. The van der Waals surface area contributed by atoms with Gasteiger partial charge in [-0.2, -0.15) is 0 Å². The highest BCUT2D eigenvalue weighted by atomic mass is 32.2. The molecule has 1 saturated heterocycles. The molecule has 0 bridgehead atoms. The van der Waals surface area contributed by atoms with Crippen molar-refractivity contribution in [1.29, 1.82) is 0 Å². The van der Waals surface area contributed by atoms with Gasteiger partial charge in [0.15, 0.2) is 0 Å². The largest absolute Gasteiger partial charge is 0.464 e. The van der Waals surface area contributed by atoms with Gasteiger partial charge in [0.25, 0.3) is 0 Å². The number of hydrogen-bond donors (Lipinski definition) is 2. The van der Waals surface area contributed by atoms with Gasteiger partial charge in [-0.1, -0.05) is 30.3 Å². The van der Waals surface area contributed by atoms with Gasteiger partial charge in [0, 0.05) is 6.54 Å². The number of esters is 1. The molecule has 0 aromatic heterocycles. The second-order valence-electron chi connectivity index (χ2n) is 10.8. The van der Waals surface area contributed by atoms with E-state index in [0.717, 1.165) is 5.56 Å². The highest BCUT2D eigenvalue weighted by Gasteiger charge is 2.43. The van der Waals surface area contributed by atoms with E-state index in [4.69, 9.17) is 18.9 Å². The van der Waals surface area contributed by atoms with Crippen molar-refractivity contribution < 1.29 is 37.5 Å². The predicted octanol–water partition coefficient (Wildman–Crippen LogP) is 2.90. The van der Waals surface area contributed by atoms with Crippen LogP contribution >= 0.6 is 0 Å². The number of amides is 2. The number of ether oxygens (including phenoxy) is 4. The SMILES string of the molecule is CCOC(=O)[C@@H](NC(=O)OC(C)(C)C)[C@H](N[S@@](=O)C(C)(C)C)[C@H]1CN(C(=O)OCc2ccccc2)CCO1. The Labute approximate surface area is 227 Å². The van der Waals surface area contributed by atoms with Gasteiger partial charge in [-0.05, 0) is 54.0 Å². The lowest BCUT2D eigenvalue weighted by atomic mass is 10.0. The summed E-state index contributed by atoms with van der Waals surface area (Å²) in [7, 11) is -1.66. The molecular weight excluding hydrogens is 514 g/mol. The van der Waals surface area contributed by atoms with Gasteiger partial charge in [0.2, 0.25) is 0 Å². The average molecular weight is 556 g/mol. The molecule has 1 aliphatic rings. The normalized spacial score (nSPS) is 18.6. The molecule has 1 heterocycles. The lowest BCUT2D eigenvalue weighted by Gasteiger charge is -2.39. The van der Waals surface area contributed by atoms with Gasteiger partial charge < -0.3 is 29.2 Å². The van der Waals surface area contributed by atoms with Crippen LogP contribution in [0.5, 0.6) is 0 Å². The zero-order valence-electron chi connectivity index (χ0n) is 23.3. The molecule has 11 nitrogen and oxygen atoms in total. The third-order valence-electron chi connectivity index (χ3n) is 5.33. The fourth-order valence-corrected chi connectivity index (χ4v) is 4.38. The van der Waals surface area contributed by atoms with Crippen molar-refractivity contribution in [3.8, 4) is 0 Å². The van der Waals surface area contributed by atoms with Gasteiger partial charge in [0.05, 0.1) is 47.6 Å². The Hall–Kier alpha value is -2.70. The van der Waals surface area contributed by atoms with Crippen LogP contribution in [0.4, 0.5) is 9.59 Å². The summed E-state index contributed by atoms with van der Waals surface area (Å²) in [5.41, 5.74) is 0.0240. The molecule has 2 rings (SSSR count). The van der Waals surface area contributed by atoms with Crippen LogP contribution in [0.3, 0.4) is 0 Å². The van der Waals surface area contributed by atoms with Crippen molar-refractivity contribution in [3.05, 3.63) is 35.9 Å². The molecule has 0 unspecified atom stereocenters. The van der Waals surface area contributed by atoms with Gasteiger partial charge in [-0.25, -0.2) is 23.3 Å². The molecule has 1 aliphatic heterocycles. The topological polar surface area (TPSA) is 132 Å². The molecule has 4 atom stereocenters. The summed E-state index contributed by atoms with van der Waals surface area (Å²) in [5, 5.41) is 2.56. The van der Waals surface area contributed by atoms with E-state index in [0.29, 0.717) is 0 Å². The van der Waals surface area contributed by atoms with E-state index in [9.17, 15) is 18.6 Å². The number of morpholine rings is 1. The minimum Gasteiger partial charge on any atom is -0.464 e. The molecule has 0 spiro atoms. The van der Waals surface area contributed by atoms with E-state index >= 15 is 0 Å². The fourth-order valence-electron chi connectivity index (χ4n) is 3.49. The number of alkyl carbamates (subject to hydrolysis) is 1. The first kappa shape index (κ1) is 31.5. The average Bonchev–Trinajstić information content (AvgIpc) is 2.83. The summed E-state index contributed by atoms with van der Waals surface area (Å²) in [6, 6.07) is 6.94. The number of carbonyl (C=O) groups excluding carboxylic acids is 3. The molecule has 0 radical (unpaired) electrons. The van der Waals surface area contributed by atoms with E-state index < -0.39 is 57.7 Å². The van der Waals surface area contributed by atoms with E-state index in [1.54, 1.807) is 48.5 Å². The van der Waals surface area contributed by atoms with Gasteiger partial charge >= 0.3 is 18.2 Å². The van der Waals surface area contributed by atoms with Gasteiger partial charge in [-0.15, -0.1) is 0 Å². The summed E-state index contributed by atoms with van der Waals surface area (Å²) in [5.74, 6) is -0.755. The molecule has 12 heteroatoms. The number of rotatable bonds is 9. The third-order valence-corrected chi connectivity index (χ3v) is 6.93. The maximum Gasteiger partial charge on any atom is 0.410 e. The molecule has 0 aliphatic carbocycles. The van der Waals surface area contributed by atoms with Crippen LogP contribution in [0, 0.1) is 0 Å². The lowest BCUT2D eigenvalue weighted by molar-refractivity contribution is -0.148. The smallest absolute Gasteiger partial charge is 0.410 e. The van der Waals surface area contributed by atoms with Crippen LogP contribution in [0.2, 0.25) is 0 Å². The molecule has 2 N–H and O–H groups in total. The van der Waals surface area contributed by atoms with Crippen LogP contribution < -0.4 is 10.0 Å². The van der Waals surface area contributed by atoms with Crippen molar-refractivity contribution >= 4 is 29.1 Å². The van der Waals surface area contributed by atoms with Crippen molar-refractivity contribution in [2.24, 2.45) is 0 Å². The number of hydrogen-bond acceptors (Lipinski definition) is 8. The quantitative estimate of drug-likeness (QED) is 0.351. The summed E-state index contributed by atoms with van der Waals surface area (Å²) < 4.78 is 37.4. The second kappa shape index (κ2) is 13.9. The molecule has 1 fully saturated rings. The zero-order valence-corrected chi connectivity index (χ0v) is 24.1. The fraction of sp³-hybridized carbons (Fsp3) is 0.654. The molecule has 0 saturated carbocycles. The second-order valence-corrected chi connectivity index (χ2v) is 12.8. The molecule has 38 heavy (non-hydrogen) atoms. The van der Waals surface area contributed by atoms with E-state index in [1.165, 1.54) is 4.90 Å². The highest BCUT2D eigenvalue weighted by Crippen LogP contribution is 2.19. The Kier molecular flexibility index (Phi) is 11.5. The Balaban J connectivity index is 2.28. The monoisotopic (exact) mass is 555 g/mol. The summed E-state index contributed by atoms with van der Waals surface area (Å²) in [4.78, 5) is 40.0. The van der Waals surface area contributed by atoms with Crippen LogP contribution in [-0.4, -0.2) is 82.1 Å². The molecule has 1 aromatic rings. The number of benzene rings is 1. The predicted molar refractivity (Wildman–Crippen MR) is 143 cm³/mol. The molecule has 214 valence electrons. The summed E-state index contributed by atoms with van der Waals surface area (Å²) in [6.45, 7) is 12.6. The minimum absolute atomic E-state index is 0.0263. The first-order valence-corrected chi connectivity index (χ1v) is 13.8. The summed E-state index contributed by atoms with van der Waals surface area (Å²) >= 11 is 0. The molecule has 1 aromatic carbocycles. The number of carbonyl (C=O) groups is 3. The van der Waals surface area contributed by atoms with Crippen molar-refractivity contribution in [2.75, 3.05) is 26.3 Å². The number of nitrogens with one attached hydrogen (secondary N) is 2. The van der Waals surface area contributed by atoms with Gasteiger partial charge in [-0.3, -0.25) is 0 Å². The van der Waals surface area contributed by atoms with E-state index in [1.807, 2.05) is 30.3 Å². The van der Waals surface area contributed by atoms with E-state index in [2.05, 4.69) is 10.0 Å². The number of nitrogens with zero attached hydrogens (tertiary/aromatic N) is 1. The third kappa shape index (κ3) is 10.2. The lowest BCUT2D eigenvalue weighted by Crippen LogP contribution is -2.65. The van der Waals surface area contributed by atoms with Gasteiger partial charge in [0.1, 0.15) is 18.2 Å². The van der Waals surface area contributed by atoms with Crippen LogP contribution in [0.25, 0.3) is 0 Å². The Morgan fingerprint density at radius 3 is 2.34 bits per heavy atom. The first-order chi connectivity index (χ1) is 17.7.